The summed E-state index contributed by atoms with van der Waals surface area (Å²) in [5.41, 5.74) is 1.76. The third kappa shape index (κ3) is 2.81. The van der Waals surface area contributed by atoms with Gasteiger partial charge in [0.05, 0.1) is 12.0 Å². The highest BCUT2D eigenvalue weighted by molar-refractivity contribution is 5.93. The number of pyridine rings is 1. The SMILES string of the molecule is O=C(O)c1cnccc1NCCc1cnc[nH]1. The molecule has 2 rings (SSSR count). The van der Waals surface area contributed by atoms with E-state index in [1.807, 2.05) is 0 Å². The zero-order valence-electron chi connectivity index (χ0n) is 9.05. The highest BCUT2D eigenvalue weighted by Crippen LogP contribution is 2.13. The van der Waals surface area contributed by atoms with Gasteiger partial charge in [0.1, 0.15) is 5.56 Å². The molecule has 2 aromatic heterocycles. The van der Waals surface area contributed by atoms with Gasteiger partial charge in [-0.3, -0.25) is 4.98 Å². The van der Waals surface area contributed by atoms with Gasteiger partial charge in [-0.05, 0) is 6.07 Å². The van der Waals surface area contributed by atoms with Crippen molar-refractivity contribution in [2.45, 2.75) is 6.42 Å². The lowest BCUT2D eigenvalue weighted by Crippen LogP contribution is -2.09. The fourth-order valence-electron chi connectivity index (χ4n) is 1.47. The van der Waals surface area contributed by atoms with Crippen molar-refractivity contribution < 1.29 is 9.90 Å². The highest BCUT2D eigenvalue weighted by Gasteiger charge is 2.08. The number of hydrogen-bond donors (Lipinski definition) is 3. The van der Waals surface area contributed by atoms with Crippen LogP contribution in [0.15, 0.2) is 31.0 Å². The van der Waals surface area contributed by atoms with Crippen molar-refractivity contribution in [3.8, 4) is 0 Å². The standard InChI is InChI=1S/C11H12N4O2/c16-11(17)9-6-12-3-2-10(9)14-4-1-8-5-13-7-15-8/h2-3,5-7H,1,4H2,(H,12,14)(H,13,15)(H,16,17). The maximum absolute atomic E-state index is 10.9. The molecule has 17 heavy (non-hydrogen) atoms. The lowest BCUT2D eigenvalue weighted by atomic mass is 10.2. The molecule has 0 aromatic carbocycles. The molecule has 0 amide bonds. The molecule has 0 radical (unpaired) electrons. The topological polar surface area (TPSA) is 90.9 Å². The van der Waals surface area contributed by atoms with Crippen molar-refractivity contribution >= 4 is 11.7 Å². The normalized spacial score (nSPS) is 10.1. The summed E-state index contributed by atoms with van der Waals surface area (Å²) in [5, 5.41) is 12.0. The maximum Gasteiger partial charge on any atom is 0.339 e. The van der Waals surface area contributed by atoms with E-state index in [1.54, 1.807) is 24.8 Å². The summed E-state index contributed by atoms with van der Waals surface area (Å²) in [6, 6.07) is 1.65. The summed E-state index contributed by atoms with van der Waals surface area (Å²) in [4.78, 5) is 21.6. The van der Waals surface area contributed by atoms with E-state index in [-0.39, 0.29) is 5.56 Å². The molecule has 0 aliphatic heterocycles. The number of carboxylic acids is 1. The Labute approximate surface area is 97.7 Å². The molecule has 2 heterocycles. The highest BCUT2D eigenvalue weighted by atomic mass is 16.4. The zero-order valence-corrected chi connectivity index (χ0v) is 9.05. The quantitative estimate of drug-likeness (QED) is 0.719. The van der Waals surface area contributed by atoms with Gasteiger partial charge in [0.25, 0.3) is 0 Å². The number of hydrogen-bond acceptors (Lipinski definition) is 4. The molecule has 0 aliphatic rings. The molecular weight excluding hydrogens is 220 g/mol. The summed E-state index contributed by atoms with van der Waals surface area (Å²) in [6.45, 7) is 0.631. The first-order valence-electron chi connectivity index (χ1n) is 5.16. The number of nitrogens with one attached hydrogen (secondary N) is 2. The second kappa shape index (κ2) is 5.11. The Bertz CT molecular complexity index is 496. The van der Waals surface area contributed by atoms with Crippen molar-refractivity contribution in [2.24, 2.45) is 0 Å². The van der Waals surface area contributed by atoms with Gasteiger partial charge in [0, 0.05) is 37.3 Å². The fourth-order valence-corrected chi connectivity index (χ4v) is 1.47. The van der Waals surface area contributed by atoms with Crippen LogP contribution in [0.4, 0.5) is 5.69 Å². The molecule has 88 valence electrons. The van der Waals surface area contributed by atoms with Gasteiger partial charge in [-0.25, -0.2) is 9.78 Å². The summed E-state index contributed by atoms with van der Waals surface area (Å²) in [7, 11) is 0. The summed E-state index contributed by atoms with van der Waals surface area (Å²) in [6.07, 6.45) is 7.00. The number of H-pyrrole nitrogens is 1. The van der Waals surface area contributed by atoms with Crippen molar-refractivity contribution in [1.29, 1.82) is 0 Å². The number of rotatable bonds is 5. The van der Waals surface area contributed by atoms with E-state index in [4.69, 9.17) is 5.11 Å². The first kappa shape index (κ1) is 11.1. The molecule has 0 bridgehead atoms. The summed E-state index contributed by atoms with van der Waals surface area (Å²) in [5.74, 6) is -0.984. The first-order valence-corrected chi connectivity index (χ1v) is 5.16. The molecular formula is C11H12N4O2. The van der Waals surface area contributed by atoms with E-state index in [2.05, 4.69) is 20.3 Å². The van der Waals surface area contributed by atoms with Crippen LogP contribution in [0.3, 0.4) is 0 Å². The van der Waals surface area contributed by atoms with Crippen molar-refractivity contribution in [3.05, 3.63) is 42.2 Å². The Kier molecular flexibility index (Phi) is 3.34. The molecule has 0 unspecified atom stereocenters. The van der Waals surface area contributed by atoms with Crippen LogP contribution in [0, 0.1) is 0 Å². The summed E-state index contributed by atoms with van der Waals surface area (Å²) >= 11 is 0. The summed E-state index contributed by atoms with van der Waals surface area (Å²) < 4.78 is 0. The van der Waals surface area contributed by atoms with Crippen LogP contribution < -0.4 is 5.32 Å². The molecule has 0 fully saturated rings. The van der Waals surface area contributed by atoms with E-state index in [1.165, 1.54) is 6.20 Å². The van der Waals surface area contributed by atoms with Gasteiger partial charge >= 0.3 is 5.97 Å². The van der Waals surface area contributed by atoms with Crippen molar-refractivity contribution in [1.82, 2.24) is 15.0 Å². The Balaban J connectivity index is 1.97. The third-order valence-electron chi connectivity index (χ3n) is 2.32. The van der Waals surface area contributed by atoms with Gasteiger partial charge in [0.15, 0.2) is 0 Å². The minimum absolute atomic E-state index is 0.178. The van der Waals surface area contributed by atoms with Crippen LogP contribution in [0.2, 0.25) is 0 Å². The minimum atomic E-state index is -0.984. The molecule has 2 aromatic rings. The van der Waals surface area contributed by atoms with E-state index in [0.717, 1.165) is 12.1 Å². The predicted molar refractivity (Wildman–Crippen MR) is 62.0 cm³/mol. The van der Waals surface area contributed by atoms with Crippen LogP contribution >= 0.6 is 0 Å². The van der Waals surface area contributed by atoms with Crippen molar-refractivity contribution in [2.75, 3.05) is 11.9 Å². The Hall–Kier alpha value is -2.37. The molecule has 0 aliphatic carbocycles. The number of nitrogens with zero attached hydrogens (tertiary/aromatic N) is 2. The fraction of sp³-hybridized carbons (Fsp3) is 0.182. The average molecular weight is 232 g/mol. The number of anilines is 1. The van der Waals surface area contributed by atoms with Gasteiger partial charge < -0.3 is 15.4 Å². The van der Waals surface area contributed by atoms with E-state index >= 15 is 0 Å². The molecule has 3 N–H and O–H groups in total. The monoisotopic (exact) mass is 232 g/mol. The predicted octanol–water partition coefficient (Wildman–Crippen LogP) is 1.16. The van der Waals surface area contributed by atoms with E-state index in [9.17, 15) is 4.79 Å². The number of aromatic carboxylic acids is 1. The van der Waals surface area contributed by atoms with Gasteiger partial charge in [-0.15, -0.1) is 0 Å². The second-order valence-corrected chi connectivity index (χ2v) is 3.48. The lowest BCUT2D eigenvalue weighted by molar-refractivity contribution is 0.0697. The molecule has 0 atom stereocenters. The van der Waals surface area contributed by atoms with Crippen LogP contribution in [0.5, 0.6) is 0 Å². The number of carbonyl (C=O) groups is 1. The number of carboxylic acid groups (broad SMARTS) is 1. The lowest BCUT2D eigenvalue weighted by Gasteiger charge is -2.07. The number of aromatic nitrogens is 3. The molecule has 0 spiro atoms. The van der Waals surface area contributed by atoms with E-state index in [0.29, 0.717) is 12.2 Å². The third-order valence-corrected chi connectivity index (χ3v) is 2.32. The average Bonchev–Trinajstić information content (AvgIpc) is 2.82. The van der Waals surface area contributed by atoms with Gasteiger partial charge in [-0.2, -0.15) is 0 Å². The first-order chi connectivity index (χ1) is 8.27. The smallest absolute Gasteiger partial charge is 0.339 e. The molecule has 0 saturated carbocycles. The largest absolute Gasteiger partial charge is 0.478 e. The number of imidazole rings is 1. The Morgan fingerprint density at radius 1 is 1.41 bits per heavy atom. The maximum atomic E-state index is 10.9. The Morgan fingerprint density at radius 3 is 3.00 bits per heavy atom. The number of aromatic amines is 1. The van der Waals surface area contributed by atoms with Gasteiger partial charge in [-0.1, -0.05) is 0 Å². The molecule has 6 heteroatoms. The van der Waals surface area contributed by atoms with Crippen molar-refractivity contribution in [3.63, 3.8) is 0 Å². The molecule has 6 nitrogen and oxygen atoms in total. The Morgan fingerprint density at radius 2 is 2.29 bits per heavy atom. The van der Waals surface area contributed by atoms with Crippen LogP contribution in [-0.2, 0) is 6.42 Å². The van der Waals surface area contributed by atoms with E-state index < -0.39 is 5.97 Å². The van der Waals surface area contributed by atoms with Crippen LogP contribution in [0.1, 0.15) is 16.1 Å². The zero-order chi connectivity index (χ0) is 12.1. The van der Waals surface area contributed by atoms with Gasteiger partial charge in [0.2, 0.25) is 0 Å². The second-order valence-electron chi connectivity index (χ2n) is 3.48. The van der Waals surface area contributed by atoms with Crippen LogP contribution in [-0.4, -0.2) is 32.6 Å². The minimum Gasteiger partial charge on any atom is -0.478 e. The van der Waals surface area contributed by atoms with Crippen LogP contribution in [0.25, 0.3) is 0 Å². The molecule has 0 saturated heterocycles.